The number of benzene rings is 2. The van der Waals surface area contributed by atoms with Gasteiger partial charge in [-0.2, -0.15) is 0 Å². The number of hydrogen-bond acceptors (Lipinski definition) is 5. The average molecular weight is 285 g/mol. The van der Waals surface area contributed by atoms with E-state index >= 15 is 0 Å². The highest BCUT2D eigenvalue weighted by Crippen LogP contribution is 2.24. The van der Waals surface area contributed by atoms with Crippen LogP contribution in [0.4, 0.5) is 17.1 Å². The predicted octanol–water partition coefficient (Wildman–Crippen LogP) is 3.26. The van der Waals surface area contributed by atoms with E-state index in [0.717, 1.165) is 0 Å². The number of non-ortho nitro benzene ring substituents is 1. The molecule has 7 nitrogen and oxygen atoms in total. The minimum absolute atomic E-state index is 0.00869. The third kappa shape index (κ3) is 3.41. The minimum atomic E-state index is -0.508. The molecule has 2 aromatic rings. The second kappa shape index (κ2) is 5.83. The lowest BCUT2D eigenvalue weighted by molar-refractivity contribution is -0.385. The van der Waals surface area contributed by atoms with Gasteiger partial charge in [-0.1, -0.05) is 6.08 Å². The molecule has 21 heavy (non-hydrogen) atoms. The molecule has 0 aromatic heterocycles. The number of nitro groups is 2. The SMILES string of the molecule is Nc1ccc(C=Cc2ccc([N+](=O)[O-])cc2)c([N+](=O)[O-])c1. The maximum atomic E-state index is 10.9. The molecule has 106 valence electrons. The molecular weight excluding hydrogens is 274 g/mol. The zero-order valence-electron chi connectivity index (χ0n) is 10.8. The number of nitrogen functional groups attached to an aromatic ring is 1. The number of nitrogens with two attached hydrogens (primary N) is 1. The fraction of sp³-hybridized carbons (Fsp3) is 0. The lowest BCUT2D eigenvalue weighted by Crippen LogP contribution is -1.94. The number of nitrogens with zero attached hydrogens (tertiary/aromatic N) is 2. The molecule has 0 aliphatic rings. The molecule has 0 saturated carbocycles. The molecule has 7 heteroatoms. The lowest BCUT2D eigenvalue weighted by atomic mass is 10.1. The Kier molecular flexibility index (Phi) is 3.94. The molecule has 0 spiro atoms. The first-order valence-electron chi connectivity index (χ1n) is 5.94. The molecule has 2 rings (SSSR count). The van der Waals surface area contributed by atoms with Crippen LogP contribution in [0.2, 0.25) is 0 Å². The van der Waals surface area contributed by atoms with Crippen LogP contribution in [0.3, 0.4) is 0 Å². The topological polar surface area (TPSA) is 112 Å². The largest absolute Gasteiger partial charge is 0.399 e. The van der Waals surface area contributed by atoms with Gasteiger partial charge in [0.15, 0.2) is 0 Å². The molecule has 0 amide bonds. The fourth-order valence-corrected chi connectivity index (χ4v) is 1.75. The Labute approximate surface area is 119 Å². The van der Waals surface area contributed by atoms with Crippen molar-refractivity contribution in [3.05, 3.63) is 73.8 Å². The van der Waals surface area contributed by atoms with Gasteiger partial charge in [0.25, 0.3) is 11.4 Å². The Bertz CT molecular complexity index is 723. The van der Waals surface area contributed by atoms with Crippen molar-refractivity contribution in [3.63, 3.8) is 0 Å². The quantitative estimate of drug-likeness (QED) is 0.401. The summed E-state index contributed by atoms with van der Waals surface area (Å²) in [5.41, 5.74) is 6.85. The van der Waals surface area contributed by atoms with Gasteiger partial charge in [0.2, 0.25) is 0 Å². The summed E-state index contributed by atoms with van der Waals surface area (Å²) >= 11 is 0. The van der Waals surface area contributed by atoms with Gasteiger partial charge in [-0.05, 0) is 35.9 Å². The van der Waals surface area contributed by atoms with Crippen molar-refractivity contribution in [2.24, 2.45) is 0 Å². The molecule has 0 radical (unpaired) electrons. The molecule has 0 saturated heterocycles. The third-order valence-electron chi connectivity index (χ3n) is 2.81. The minimum Gasteiger partial charge on any atom is -0.399 e. The van der Waals surface area contributed by atoms with Gasteiger partial charge in [-0.15, -0.1) is 0 Å². The summed E-state index contributed by atoms with van der Waals surface area (Å²) in [4.78, 5) is 20.5. The smallest absolute Gasteiger partial charge is 0.278 e. The van der Waals surface area contributed by atoms with Gasteiger partial charge in [-0.25, -0.2) is 0 Å². The first-order chi connectivity index (χ1) is 9.97. The second-order valence-electron chi connectivity index (χ2n) is 4.26. The van der Waals surface area contributed by atoms with Crippen molar-refractivity contribution in [1.29, 1.82) is 0 Å². The van der Waals surface area contributed by atoms with Crippen molar-refractivity contribution >= 4 is 29.2 Å². The van der Waals surface area contributed by atoms with Gasteiger partial charge >= 0.3 is 0 Å². The highest BCUT2D eigenvalue weighted by Gasteiger charge is 2.11. The van der Waals surface area contributed by atoms with Crippen LogP contribution in [-0.2, 0) is 0 Å². The second-order valence-corrected chi connectivity index (χ2v) is 4.26. The molecule has 0 fully saturated rings. The van der Waals surface area contributed by atoms with Gasteiger partial charge in [0.05, 0.1) is 15.4 Å². The summed E-state index contributed by atoms with van der Waals surface area (Å²) in [6, 6.07) is 10.3. The zero-order chi connectivity index (χ0) is 15.4. The maximum absolute atomic E-state index is 10.9. The van der Waals surface area contributed by atoms with E-state index in [2.05, 4.69) is 0 Å². The summed E-state index contributed by atoms with van der Waals surface area (Å²) in [5, 5.41) is 21.5. The van der Waals surface area contributed by atoms with Crippen LogP contribution >= 0.6 is 0 Å². The van der Waals surface area contributed by atoms with Crippen LogP contribution in [0.1, 0.15) is 11.1 Å². The van der Waals surface area contributed by atoms with E-state index in [-0.39, 0.29) is 11.4 Å². The first kappa shape index (κ1) is 14.2. The average Bonchev–Trinajstić information content (AvgIpc) is 2.46. The lowest BCUT2D eigenvalue weighted by Gasteiger charge is -1.99. The van der Waals surface area contributed by atoms with Crippen molar-refractivity contribution in [2.75, 3.05) is 5.73 Å². The molecule has 0 unspecified atom stereocenters. The van der Waals surface area contributed by atoms with Crippen LogP contribution in [0.5, 0.6) is 0 Å². The van der Waals surface area contributed by atoms with E-state index in [1.807, 2.05) is 0 Å². The van der Waals surface area contributed by atoms with Crippen molar-refractivity contribution in [2.45, 2.75) is 0 Å². The molecule has 0 heterocycles. The van der Waals surface area contributed by atoms with Crippen LogP contribution in [0, 0.1) is 20.2 Å². The van der Waals surface area contributed by atoms with E-state index in [0.29, 0.717) is 16.8 Å². The van der Waals surface area contributed by atoms with Crippen LogP contribution in [0.15, 0.2) is 42.5 Å². The van der Waals surface area contributed by atoms with E-state index in [1.54, 1.807) is 36.4 Å². The highest BCUT2D eigenvalue weighted by molar-refractivity contribution is 5.75. The molecule has 0 aliphatic heterocycles. The fourth-order valence-electron chi connectivity index (χ4n) is 1.75. The molecule has 0 aliphatic carbocycles. The van der Waals surface area contributed by atoms with Gasteiger partial charge < -0.3 is 5.73 Å². The van der Waals surface area contributed by atoms with E-state index < -0.39 is 9.85 Å². The number of hydrogen-bond donors (Lipinski definition) is 1. The van der Waals surface area contributed by atoms with Gasteiger partial charge in [0, 0.05) is 23.9 Å². The van der Waals surface area contributed by atoms with Gasteiger partial charge in [0.1, 0.15) is 0 Å². The zero-order valence-corrected chi connectivity index (χ0v) is 10.8. The Morgan fingerprint density at radius 3 is 2.14 bits per heavy atom. The predicted molar refractivity (Wildman–Crippen MR) is 79.5 cm³/mol. The molecular formula is C14H11N3O4. The Morgan fingerprint density at radius 1 is 0.905 bits per heavy atom. The monoisotopic (exact) mass is 285 g/mol. The van der Waals surface area contributed by atoms with Crippen LogP contribution < -0.4 is 5.73 Å². The van der Waals surface area contributed by atoms with Crippen molar-refractivity contribution in [1.82, 2.24) is 0 Å². The number of nitro benzene ring substituents is 2. The highest BCUT2D eigenvalue weighted by atomic mass is 16.6. The van der Waals surface area contributed by atoms with E-state index in [4.69, 9.17) is 5.73 Å². The Morgan fingerprint density at radius 2 is 1.57 bits per heavy atom. The first-order valence-corrected chi connectivity index (χ1v) is 5.94. The van der Waals surface area contributed by atoms with Crippen LogP contribution in [0.25, 0.3) is 12.2 Å². The Hall–Kier alpha value is -3.22. The third-order valence-corrected chi connectivity index (χ3v) is 2.81. The summed E-state index contributed by atoms with van der Waals surface area (Å²) in [6.45, 7) is 0. The van der Waals surface area contributed by atoms with Crippen molar-refractivity contribution < 1.29 is 9.85 Å². The van der Waals surface area contributed by atoms with Crippen molar-refractivity contribution in [3.8, 4) is 0 Å². The van der Waals surface area contributed by atoms with Crippen LogP contribution in [-0.4, -0.2) is 9.85 Å². The Balaban J connectivity index is 2.29. The normalized spacial score (nSPS) is 10.7. The molecule has 0 bridgehead atoms. The molecule has 0 atom stereocenters. The summed E-state index contributed by atoms with van der Waals surface area (Å²) in [6.07, 6.45) is 3.21. The summed E-state index contributed by atoms with van der Waals surface area (Å²) in [7, 11) is 0. The molecule has 2 N–H and O–H groups in total. The van der Waals surface area contributed by atoms with E-state index in [9.17, 15) is 20.2 Å². The van der Waals surface area contributed by atoms with Gasteiger partial charge in [-0.3, -0.25) is 20.2 Å². The maximum Gasteiger partial charge on any atom is 0.278 e. The number of rotatable bonds is 4. The number of anilines is 1. The molecule has 2 aromatic carbocycles. The van der Waals surface area contributed by atoms with E-state index in [1.165, 1.54) is 18.2 Å². The summed E-state index contributed by atoms with van der Waals surface area (Å²) in [5.74, 6) is 0. The summed E-state index contributed by atoms with van der Waals surface area (Å²) < 4.78 is 0. The standard InChI is InChI=1S/C14H11N3O4/c15-12-6-5-11(14(9-12)17(20)21)4-1-10-2-7-13(8-3-10)16(18)19/h1-9H,15H2.